The van der Waals surface area contributed by atoms with Gasteiger partial charge in [-0.25, -0.2) is 9.97 Å². The number of aromatic nitrogens is 3. The maximum atomic E-state index is 12.6. The fraction of sp³-hybridized carbons (Fsp3) is 0.238. The lowest BCUT2D eigenvalue weighted by molar-refractivity contribution is -0.120. The molecule has 1 unspecified atom stereocenters. The molecule has 0 spiro atoms. The minimum atomic E-state index is -0.0749. The van der Waals surface area contributed by atoms with E-state index in [4.69, 9.17) is 0 Å². The number of rotatable bonds is 4. The number of hydrogen-bond donors (Lipinski definition) is 1. The highest BCUT2D eigenvalue weighted by Gasteiger charge is 2.27. The van der Waals surface area contributed by atoms with Gasteiger partial charge in [0.25, 0.3) is 0 Å². The minimum absolute atomic E-state index is 0.0324. The Morgan fingerprint density at radius 3 is 2.81 bits per heavy atom. The fourth-order valence-corrected chi connectivity index (χ4v) is 3.37. The van der Waals surface area contributed by atoms with E-state index in [2.05, 4.69) is 25.2 Å². The highest BCUT2D eigenvalue weighted by molar-refractivity contribution is 5.92. The van der Waals surface area contributed by atoms with Crippen LogP contribution in [0.1, 0.15) is 12.8 Å². The predicted octanol–water partition coefficient (Wildman–Crippen LogP) is 3.39. The van der Waals surface area contributed by atoms with E-state index in [1.54, 1.807) is 18.7 Å². The zero-order chi connectivity index (χ0) is 18.5. The molecule has 1 aliphatic rings. The van der Waals surface area contributed by atoms with Crippen molar-refractivity contribution in [2.45, 2.75) is 12.8 Å². The molecule has 0 bridgehead atoms. The van der Waals surface area contributed by atoms with Crippen LogP contribution in [-0.2, 0) is 4.79 Å². The molecule has 3 aromatic rings. The summed E-state index contributed by atoms with van der Waals surface area (Å²) in [6.07, 6.45) is 6.78. The lowest BCUT2D eigenvalue weighted by Crippen LogP contribution is -2.41. The van der Waals surface area contributed by atoms with E-state index < -0.39 is 0 Å². The van der Waals surface area contributed by atoms with Gasteiger partial charge in [0.1, 0.15) is 12.1 Å². The van der Waals surface area contributed by atoms with Crippen molar-refractivity contribution >= 4 is 17.4 Å². The SMILES string of the molecule is O=C(Nc1cccnc1)C1CCCN(c2cc(-c3ccccc3)ncn2)C1. The molecule has 6 nitrogen and oxygen atoms in total. The van der Waals surface area contributed by atoms with Gasteiger partial charge in [-0.2, -0.15) is 0 Å². The molecular weight excluding hydrogens is 338 g/mol. The molecule has 1 aliphatic heterocycles. The molecule has 4 rings (SSSR count). The summed E-state index contributed by atoms with van der Waals surface area (Å²) in [5.74, 6) is 0.821. The molecule has 1 atom stereocenters. The Kier molecular flexibility index (Phi) is 5.05. The fourth-order valence-electron chi connectivity index (χ4n) is 3.37. The van der Waals surface area contributed by atoms with Crippen LogP contribution in [0.3, 0.4) is 0 Å². The number of benzene rings is 1. The minimum Gasteiger partial charge on any atom is -0.356 e. The van der Waals surface area contributed by atoms with Crippen LogP contribution in [0.4, 0.5) is 11.5 Å². The third-order valence-electron chi connectivity index (χ3n) is 4.77. The average molecular weight is 359 g/mol. The van der Waals surface area contributed by atoms with E-state index in [9.17, 15) is 4.79 Å². The zero-order valence-electron chi connectivity index (χ0n) is 15.0. The first-order valence-corrected chi connectivity index (χ1v) is 9.13. The van der Waals surface area contributed by atoms with Crippen molar-refractivity contribution in [2.24, 2.45) is 5.92 Å². The number of amides is 1. The molecule has 0 radical (unpaired) electrons. The van der Waals surface area contributed by atoms with Gasteiger partial charge in [0, 0.05) is 30.9 Å². The molecule has 1 N–H and O–H groups in total. The first-order chi connectivity index (χ1) is 13.3. The van der Waals surface area contributed by atoms with Gasteiger partial charge >= 0.3 is 0 Å². The van der Waals surface area contributed by atoms with Crippen molar-refractivity contribution < 1.29 is 4.79 Å². The number of nitrogens with zero attached hydrogens (tertiary/aromatic N) is 4. The molecule has 27 heavy (non-hydrogen) atoms. The Hall–Kier alpha value is -3.28. The largest absolute Gasteiger partial charge is 0.356 e. The van der Waals surface area contributed by atoms with Crippen LogP contribution >= 0.6 is 0 Å². The Morgan fingerprint density at radius 1 is 1.11 bits per heavy atom. The second-order valence-corrected chi connectivity index (χ2v) is 6.64. The van der Waals surface area contributed by atoms with Crippen molar-refractivity contribution in [1.29, 1.82) is 0 Å². The monoisotopic (exact) mass is 359 g/mol. The number of pyridine rings is 1. The summed E-state index contributed by atoms with van der Waals surface area (Å²) in [6.45, 7) is 1.54. The number of carbonyl (C=O) groups excluding carboxylic acids is 1. The quantitative estimate of drug-likeness (QED) is 0.773. The van der Waals surface area contributed by atoms with E-state index >= 15 is 0 Å². The molecule has 0 saturated carbocycles. The van der Waals surface area contributed by atoms with Crippen molar-refractivity contribution in [3.8, 4) is 11.3 Å². The molecule has 2 aromatic heterocycles. The van der Waals surface area contributed by atoms with Crippen LogP contribution in [0.25, 0.3) is 11.3 Å². The van der Waals surface area contributed by atoms with E-state index in [0.29, 0.717) is 6.54 Å². The summed E-state index contributed by atoms with van der Waals surface area (Å²) in [5.41, 5.74) is 2.68. The van der Waals surface area contributed by atoms with Gasteiger partial charge < -0.3 is 10.2 Å². The number of nitrogens with one attached hydrogen (secondary N) is 1. The summed E-state index contributed by atoms with van der Waals surface area (Å²) in [4.78, 5) is 27.7. The van der Waals surface area contributed by atoms with Gasteiger partial charge in [0.2, 0.25) is 5.91 Å². The normalized spacial score (nSPS) is 16.7. The molecule has 6 heteroatoms. The third-order valence-corrected chi connectivity index (χ3v) is 4.77. The smallest absolute Gasteiger partial charge is 0.229 e. The van der Waals surface area contributed by atoms with Gasteiger partial charge in [-0.05, 0) is 25.0 Å². The van der Waals surface area contributed by atoms with Gasteiger partial charge in [-0.3, -0.25) is 9.78 Å². The Morgan fingerprint density at radius 2 is 2.00 bits per heavy atom. The van der Waals surface area contributed by atoms with Crippen LogP contribution in [0.15, 0.2) is 67.3 Å². The molecule has 3 heterocycles. The van der Waals surface area contributed by atoms with Crippen molar-refractivity contribution in [3.63, 3.8) is 0 Å². The highest BCUT2D eigenvalue weighted by atomic mass is 16.1. The van der Waals surface area contributed by atoms with Crippen molar-refractivity contribution in [1.82, 2.24) is 15.0 Å². The summed E-state index contributed by atoms with van der Waals surface area (Å²) in [5, 5.41) is 2.96. The lowest BCUT2D eigenvalue weighted by atomic mass is 9.97. The van der Waals surface area contributed by atoms with E-state index in [0.717, 1.165) is 42.1 Å². The van der Waals surface area contributed by atoms with Crippen molar-refractivity contribution in [2.75, 3.05) is 23.3 Å². The maximum Gasteiger partial charge on any atom is 0.229 e. The molecule has 0 aliphatic carbocycles. The molecule has 136 valence electrons. The van der Waals surface area contributed by atoms with Gasteiger partial charge in [-0.15, -0.1) is 0 Å². The summed E-state index contributed by atoms with van der Waals surface area (Å²) in [6, 6.07) is 15.7. The molecule has 1 amide bonds. The van der Waals surface area contributed by atoms with E-state index in [-0.39, 0.29) is 11.8 Å². The van der Waals surface area contributed by atoms with Crippen molar-refractivity contribution in [3.05, 3.63) is 67.3 Å². The molecular formula is C21H21N5O. The Bertz CT molecular complexity index is 901. The number of hydrogen-bond acceptors (Lipinski definition) is 5. The molecule has 1 fully saturated rings. The summed E-state index contributed by atoms with van der Waals surface area (Å²) >= 11 is 0. The van der Waals surface area contributed by atoms with Gasteiger partial charge in [-0.1, -0.05) is 30.3 Å². The standard InChI is InChI=1S/C21H21N5O/c27-21(25-18-9-4-10-22-13-18)17-8-5-11-26(14-17)20-12-19(23-15-24-20)16-6-2-1-3-7-16/h1-4,6-7,9-10,12-13,15,17H,5,8,11,14H2,(H,25,27). The Balaban J connectivity index is 1.47. The van der Waals surface area contributed by atoms with E-state index in [1.807, 2.05) is 48.5 Å². The number of carbonyl (C=O) groups is 1. The van der Waals surface area contributed by atoms with Crippen LogP contribution in [0, 0.1) is 5.92 Å². The van der Waals surface area contributed by atoms with Gasteiger partial charge in [0.15, 0.2) is 0 Å². The summed E-state index contributed by atoms with van der Waals surface area (Å²) < 4.78 is 0. The lowest BCUT2D eigenvalue weighted by Gasteiger charge is -2.32. The third kappa shape index (κ3) is 4.11. The topological polar surface area (TPSA) is 71.0 Å². The second-order valence-electron chi connectivity index (χ2n) is 6.64. The molecule has 1 saturated heterocycles. The number of anilines is 2. The van der Waals surface area contributed by atoms with Gasteiger partial charge in [0.05, 0.1) is 23.5 Å². The van der Waals surface area contributed by atoms with Crippen LogP contribution in [0.2, 0.25) is 0 Å². The van der Waals surface area contributed by atoms with Crippen LogP contribution in [-0.4, -0.2) is 33.9 Å². The first kappa shape index (κ1) is 17.1. The van der Waals surface area contributed by atoms with E-state index in [1.165, 1.54) is 0 Å². The second kappa shape index (κ2) is 7.95. The maximum absolute atomic E-state index is 12.6. The number of piperidine rings is 1. The predicted molar refractivity (Wildman–Crippen MR) is 105 cm³/mol. The van der Waals surface area contributed by atoms with Crippen LogP contribution in [0.5, 0.6) is 0 Å². The zero-order valence-corrected chi connectivity index (χ0v) is 15.0. The average Bonchev–Trinajstić information content (AvgIpc) is 2.75. The molecule has 1 aromatic carbocycles. The first-order valence-electron chi connectivity index (χ1n) is 9.13. The Labute approximate surface area is 158 Å². The highest BCUT2D eigenvalue weighted by Crippen LogP contribution is 2.25. The summed E-state index contributed by atoms with van der Waals surface area (Å²) in [7, 11) is 0. The van der Waals surface area contributed by atoms with Crippen LogP contribution < -0.4 is 10.2 Å².